The second-order valence-electron chi connectivity index (χ2n) is 32.1. The van der Waals surface area contributed by atoms with Crippen molar-refractivity contribution in [3.05, 3.63) is 226 Å². The molecule has 4 aliphatic rings. The van der Waals surface area contributed by atoms with Gasteiger partial charge in [-0.25, -0.2) is 47.9 Å². The lowest BCUT2D eigenvalue weighted by molar-refractivity contribution is -0.282. The number of hydrogen-bond donors (Lipinski definition) is 26. The maximum absolute atomic E-state index is 15.3. The molecule has 50 heteroatoms. The van der Waals surface area contributed by atoms with Crippen molar-refractivity contribution in [2.45, 2.75) is 55.7 Å². The van der Waals surface area contributed by atoms with Crippen LogP contribution in [0.4, 0.5) is 0 Å². The summed E-state index contributed by atoms with van der Waals surface area (Å²) in [7, 11) is 1.66. The van der Waals surface area contributed by atoms with Gasteiger partial charge in [0, 0.05) is 24.2 Å². The van der Waals surface area contributed by atoms with Crippen LogP contribution in [0.15, 0.2) is 164 Å². The van der Waals surface area contributed by atoms with Crippen LogP contribution in [-0.2, 0) is 28.4 Å². The zero-order valence-corrected chi connectivity index (χ0v) is 74.0. The van der Waals surface area contributed by atoms with E-state index >= 15 is 14.4 Å². The van der Waals surface area contributed by atoms with Gasteiger partial charge in [-0.2, -0.15) is 0 Å². The van der Waals surface area contributed by atoms with Crippen LogP contribution >= 0.6 is 0 Å². The number of aromatic nitrogens is 1. The Morgan fingerprint density at radius 1 is 0.363 bits per heavy atom. The van der Waals surface area contributed by atoms with E-state index in [2.05, 4.69) is 22.5 Å². The number of phenolic OH excluding ortho intramolecular Hbond substituents is 25. The molecule has 4 fully saturated rings. The molecule has 146 heavy (non-hydrogen) atoms. The maximum Gasteiger partial charge on any atom is 0.343 e. The first-order valence-corrected chi connectivity index (χ1v) is 41.9. The predicted molar refractivity (Wildman–Crippen MR) is 478 cm³/mol. The maximum atomic E-state index is 15.3. The number of rotatable bonds is 25. The predicted octanol–water partition coefficient (Wildman–Crippen LogP) is 8.01. The van der Waals surface area contributed by atoms with Crippen LogP contribution in [0.3, 0.4) is 0 Å². The van der Waals surface area contributed by atoms with E-state index in [1.54, 1.807) is 13.3 Å². The Morgan fingerprint density at radius 3 is 0.952 bits per heavy atom. The van der Waals surface area contributed by atoms with Crippen molar-refractivity contribution in [3.8, 4) is 178 Å². The molecule has 4 saturated heterocycles. The standard InChI is InChI=1S/C76H52O46.C20H24N2O2/c77-32-1-22(2-33(78)53(32)92)67(103)113-47-16-27(11-42(87)58(47)97)66(102)112-21-52-63(119-72(108)28-12-43(88)59(98)48(17-28)114-68(104)23-3-34(79)54(93)35(80)4-23)64(120-73(109)29-13-44(89)60(99)49(18-29)115-69(105)24-5-36(81)55(94)37(82)6-24)65(121-74(110)30-14-45(90)61(100)50(19-30)116-70(106)25-7-38(83)56(95)39(84)8-25)76(118-52)122-75(111)31-15-46(91)62(101)51(20-31)117-71(107)26-9-40(85)57(96)41(86)10-26;1-3-13-12-22-9-7-14(13)10-19(22)20(23)16-6-8-21-18-5-4-15(24-2)11-17(16)18/h1-20,52,63-65,76-101H,21H2;3-6,8,11,13-14,19-20,23H,1,7,9-10,12H2,2H3/t52-,63-,64+,65-,76+;13-,14-,19+,20-/m10/s1. The van der Waals surface area contributed by atoms with Gasteiger partial charge in [-0.3, -0.25) is 9.88 Å². The molecule has 0 radical (unpaired) electrons. The third-order valence-electron chi connectivity index (χ3n) is 22.7. The van der Waals surface area contributed by atoms with E-state index in [4.69, 9.17) is 56.8 Å². The van der Waals surface area contributed by atoms with Gasteiger partial charge in [0.2, 0.25) is 41.1 Å². The average molecular weight is 2030 g/mol. The number of carbonyl (C=O) groups is 10. The lowest BCUT2D eigenvalue weighted by Crippen LogP contribution is -2.63. The number of ether oxygens (including phenoxy) is 12. The summed E-state index contributed by atoms with van der Waals surface area (Å²) in [6.07, 6.45) is -9.43. The number of carbonyl (C=O) groups excluding carboxylic acids is 10. The zero-order chi connectivity index (χ0) is 106. The highest BCUT2D eigenvalue weighted by Crippen LogP contribution is 2.50. The van der Waals surface area contributed by atoms with Gasteiger partial charge in [-0.1, -0.05) is 6.08 Å². The Bertz CT molecular complexity index is 7260. The fraction of sp³-hybridized carbons (Fsp3) is 0.156. The molecule has 758 valence electrons. The van der Waals surface area contributed by atoms with Gasteiger partial charge in [0.25, 0.3) is 0 Å². The van der Waals surface area contributed by atoms with E-state index < -0.39 is 331 Å². The summed E-state index contributed by atoms with van der Waals surface area (Å²) in [5.41, 5.74) is -8.04. The topological polar surface area (TPSA) is 824 Å². The number of fused-ring (bicyclic) bond motifs is 4. The normalized spacial score (nSPS) is 17.2. The Hall–Kier alpha value is -20.0. The van der Waals surface area contributed by atoms with E-state index in [1.807, 2.05) is 24.3 Å². The minimum Gasteiger partial charge on any atom is -0.504 e. The number of methoxy groups -OCH3 is 1. The van der Waals surface area contributed by atoms with E-state index in [-0.39, 0.29) is 6.04 Å². The smallest absolute Gasteiger partial charge is 0.343 e. The Labute approximate surface area is 812 Å². The number of hydrogen-bond acceptors (Lipinski definition) is 50. The molecule has 0 spiro atoms. The number of aliphatic hydroxyl groups is 1. The average Bonchev–Trinajstić information content (AvgIpc) is 0.770. The molecule has 50 nitrogen and oxygen atoms in total. The summed E-state index contributed by atoms with van der Waals surface area (Å²) in [4.78, 5) is 149. The van der Waals surface area contributed by atoms with Crippen LogP contribution in [0.1, 0.15) is 128 Å². The van der Waals surface area contributed by atoms with E-state index in [0.29, 0.717) is 133 Å². The number of phenols is 25. The van der Waals surface area contributed by atoms with E-state index in [9.17, 15) is 166 Å². The third kappa shape index (κ3) is 21.2. The SMILES string of the molecule is C=C[C@H]1CN2CC[C@H]1C[C@@H]2[C@@H](O)c1ccnc2ccc(OC)cc12.O=C(OC[C@H]1O[C@@H](OC(=O)c2cc(O)c(O)c(OC(=O)c3cc(O)c(O)c(O)c3)c2)[C@H](OC(=O)c2cc(O)c(O)c(OC(=O)c3cc(O)c(O)c(O)c3)c2)[C@@H](OC(=O)c2cc(O)c(O)c(OC(=O)c3cc(O)c(O)c(O)c3)c2)[C@@H]1OC(=O)c1cc(O)c(O)c(OC(=O)c2cc(O)c(O)c(O)c2)c1)c1cc(O)c(O)c(OC(=O)c2cc(O)c(O)c(O)c2)c1. The molecule has 1 aromatic heterocycles. The summed E-state index contributed by atoms with van der Waals surface area (Å²) in [5.74, 6) is -54.0. The van der Waals surface area contributed by atoms with Crippen molar-refractivity contribution in [2.24, 2.45) is 11.8 Å². The molecule has 0 amide bonds. The van der Waals surface area contributed by atoms with Crippen LogP contribution in [0.2, 0.25) is 0 Å². The van der Waals surface area contributed by atoms with Gasteiger partial charge in [0.1, 0.15) is 18.5 Å². The molecule has 12 aromatic rings. The van der Waals surface area contributed by atoms with Gasteiger partial charge in [-0.15, -0.1) is 6.58 Å². The summed E-state index contributed by atoms with van der Waals surface area (Å²) in [6.45, 7) is 4.36. The van der Waals surface area contributed by atoms with Crippen molar-refractivity contribution < 1.29 is 238 Å². The van der Waals surface area contributed by atoms with Crippen LogP contribution in [0.25, 0.3) is 10.9 Å². The van der Waals surface area contributed by atoms with Gasteiger partial charge < -0.3 is 190 Å². The number of benzene rings is 11. The molecular formula is C96H76N2O48. The van der Waals surface area contributed by atoms with Gasteiger partial charge in [0.05, 0.1) is 74.4 Å². The second kappa shape index (κ2) is 41.2. The molecule has 0 aliphatic carbocycles. The highest BCUT2D eigenvalue weighted by Gasteiger charge is 2.56. The first-order chi connectivity index (χ1) is 69.1. The summed E-state index contributed by atoms with van der Waals surface area (Å²) < 4.78 is 65.8. The molecular weight excluding hydrogens is 1950 g/mol. The molecule has 10 atom stereocenters. The van der Waals surface area contributed by atoms with Crippen LogP contribution in [0, 0.1) is 11.8 Å². The fourth-order valence-corrected chi connectivity index (χ4v) is 15.3. The highest BCUT2D eigenvalue weighted by molar-refractivity contribution is 6.01. The van der Waals surface area contributed by atoms with Crippen molar-refractivity contribution in [1.82, 2.24) is 9.88 Å². The minimum absolute atomic E-state index is 0.178. The number of pyridine rings is 1. The van der Waals surface area contributed by atoms with Crippen molar-refractivity contribution in [2.75, 3.05) is 26.8 Å². The highest BCUT2D eigenvalue weighted by atomic mass is 16.8. The number of aromatic hydroxyl groups is 25. The summed E-state index contributed by atoms with van der Waals surface area (Å²) in [5, 5.41) is 273. The number of piperidine rings is 3. The Balaban J connectivity index is 0.000000606. The molecule has 11 aromatic carbocycles. The van der Waals surface area contributed by atoms with Crippen LogP contribution in [-0.4, -0.2) is 266 Å². The molecule has 0 saturated carbocycles. The zero-order valence-electron chi connectivity index (χ0n) is 74.0. The van der Waals surface area contributed by atoms with Gasteiger partial charge >= 0.3 is 59.7 Å². The summed E-state index contributed by atoms with van der Waals surface area (Å²) >= 11 is 0. The Kier molecular flexibility index (Phi) is 28.7. The largest absolute Gasteiger partial charge is 0.504 e. The van der Waals surface area contributed by atoms with E-state index in [1.165, 1.54) is 6.42 Å². The first-order valence-electron chi connectivity index (χ1n) is 41.9. The molecule has 4 aliphatic heterocycles. The van der Waals surface area contributed by atoms with Crippen molar-refractivity contribution >= 4 is 70.6 Å². The summed E-state index contributed by atoms with van der Waals surface area (Å²) in [6, 6.07) is 16.5. The third-order valence-corrected chi connectivity index (χ3v) is 22.7. The lowest BCUT2D eigenvalue weighted by atomic mass is 9.73. The van der Waals surface area contributed by atoms with Crippen LogP contribution < -0.4 is 28.4 Å². The van der Waals surface area contributed by atoms with Crippen LogP contribution in [0.5, 0.6) is 178 Å². The quantitative estimate of drug-likeness (QED) is 0.00846. The molecule has 26 N–H and O–H groups in total. The first kappa shape index (κ1) is 102. The molecule has 1 unspecified atom stereocenters. The lowest BCUT2D eigenvalue weighted by Gasteiger charge is -2.50. The van der Waals surface area contributed by atoms with E-state index in [0.717, 1.165) is 41.7 Å². The molecule has 5 heterocycles. The molecule has 16 rings (SSSR count). The Morgan fingerprint density at radius 2 is 0.651 bits per heavy atom. The number of nitrogens with zero attached hydrogens (tertiary/aromatic N) is 2. The van der Waals surface area contributed by atoms with Gasteiger partial charge in [0.15, 0.2) is 156 Å². The second-order valence-corrected chi connectivity index (χ2v) is 32.1. The van der Waals surface area contributed by atoms with Gasteiger partial charge in [-0.05, 0) is 182 Å². The number of esters is 10. The van der Waals surface area contributed by atoms with Crippen molar-refractivity contribution in [3.63, 3.8) is 0 Å². The minimum atomic E-state index is -3.12. The molecule has 2 bridgehead atoms. The monoisotopic (exact) mass is 2020 g/mol. The number of aliphatic hydroxyl groups excluding tert-OH is 1. The fourth-order valence-electron chi connectivity index (χ4n) is 15.3. The van der Waals surface area contributed by atoms with Crippen molar-refractivity contribution in [1.29, 1.82) is 0 Å².